The minimum atomic E-state index is -1.08. The average molecular weight is 159 g/mol. The van der Waals surface area contributed by atoms with Crippen molar-refractivity contribution in [1.29, 1.82) is 0 Å². The van der Waals surface area contributed by atoms with Gasteiger partial charge in [-0.25, -0.2) is 0 Å². The minimum Gasteiger partial charge on any atom is -0.544 e. The number of hydrogen-bond donors (Lipinski definition) is 1. The maximum Gasteiger partial charge on any atom is 0.127 e. The maximum atomic E-state index is 10.3. The molecule has 0 spiro atoms. The molecule has 1 aliphatic rings. The summed E-state index contributed by atoms with van der Waals surface area (Å²) in [5.41, 5.74) is 3.46. The molecule has 1 aliphatic heterocycles. The summed E-state index contributed by atoms with van der Waals surface area (Å²) in [6, 6.07) is -0.627. The number of carbonyl (C=O) groups excluding carboxylic acids is 1. The highest BCUT2D eigenvalue weighted by molar-refractivity contribution is 5.69. The van der Waals surface area contributed by atoms with Crippen molar-refractivity contribution in [1.82, 2.24) is 0 Å². The molecule has 0 aromatic carbocycles. The summed E-state index contributed by atoms with van der Waals surface area (Å²) in [7, 11) is 0. The van der Waals surface area contributed by atoms with Crippen molar-refractivity contribution in [3.8, 4) is 0 Å². The second kappa shape index (κ2) is 3.69. The van der Waals surface area contributed by atoms with Crippen LogP contribution < -0.4 is 10.8 Å². The Labute approximate surface area is 65.3 Å². The highest BCUT2D eigenvalue weighted by Crippen LogP contribution is 2.15. The van der Waals surface area contributed by atoms with Crippen molar-refractivity contribution in [3.05, 3.63) is 0 Å². The number of hydrogen-bond acceptors (Lipinski definition) is 3. The first-order chi connectivity index (χ1) is 5.20. The quantitative estimate of drug-likeness (QED) is 0.513. The fraction of sp³-hybridized carbons (Fsp3) is 0.857. The zero-order valence-corrected chi connectivity index (χ0v) is 6.41. The van der Waals surface area contributed by atoms with Gasteiger partial charge in [0.05, 0.1) is 12.1 Å². The third kappa shape index (κ3) is 2.48. The first-order valence-corrected chi connectivity index (χ1v) is 3.85. The molecule has 1 rings (SSSR count). The van der Waals surface area contributed by atoms with E-state index in [1.165, 1.54) is 0 Å². The van der Waals surface area contributed by atoms with E-state index < -0.39 is 12.0 Å². The Kier molecular flexibility index (Phi) is 2.84. The Morgan fingerprint density at radius 2 is 2.55 bits per heavy atom. The van der Waals surface area contributed by atoms with E-state index in [2.05, 4.69) is 5.73 Å². The van der Waals surface area contributed by atoms with Crippen LogP contribution in [0.3, 0.4) is 0 Å². The first-order valence-electron chi connectivity index (χ1n) is 3.85. The fourth-order valence-electron chi connectivity index (χ4n) is 1.24. The van der Waals surface area contributed by atoms with Crippen LogP contribution in [0.25, 0.3) is 0 Å². The van der Waals surface area contributed by atoms with Crippen LogP contribution in [0.4, 0.5) is 0 Å². The van der Waals surface area contributed by atoms with E-state index in [1.54, 1.807) is 0 Å². The van der Waals surface area contributed by atoms with Gasteiger partial charge in [-0.05, 0) is 12.8 Å². The van der Waals surface area contributed by atoms with E-state index in [-0.39, 0.29) is 6.10 Å². The molecule has 0 radical (unpaired) electrons. The molecule has 0 amide bonds. The number of carboxylic acid groups (broad SMARTS) is 1. The predicted molar refractivity (Wildman–Crippen MR) is 35.3 cm³/mol. The number of quaternary nitrogens is 1. The molecule has 4 nitrogen and oxygen atoms in total. The molecule has 11 heavy (non-hydrogen) atoms. The van der Waals surface area contributed by atoms with Crippen molar-refractivity contribution in [3.63, 3.8) is 0 Å². The Morgan fingerprint density at radius 1 is 1.82 bits per heavy atom. The van der Waals surface area contributed by atoms with E-state index in [9.17, 15) is 9.90 Å². The number of rotatable bonds is 3. The number of ether oxygens (including phenoxy) is 1. The fourth-order valence-corrected chi connectivity index (χ4v) is 1.24. The summed E-state index contributed by atoms with van der Waals surface area (Å²) in [5.74, 6) is -1.08. The van der Waals surface area contributed by atoms with Gasteiger partial charge in [0.2, 0.25) is 0 Å². The zero-order chi connectivity index (χ0) is 8.27. The SMILES string of the molecule is [NH3+][C@@H](C[C@H]1CCCO1)C(=O)[O-]. The standard InChI is InChI=1S/C7H13NO3/c8-6(7(9)10)4-5-2-1-3-11-5/h5-6H,1-4,8H2,(H,9,10)/t5-,6+/m1/s1. The van der Waals surface area contributed by atoms with Crippen molar-refractivity contribution >= 4 is 5.97 Å². The number of aliphatic carboxylic acids is 1. The van der Waals surface area contributed by atoms with Crippen LogP contribution in [-0.4, -0.2) is 24.7 Å². The third-order valence-corrected chi connectivity index (χ3v) is 1.90. The normalized spacial score (nSPS) is 26.8. The van der Waals surface area contributed by atoms with Gasteiger partial charge in [-0.2, -0.15) is 0 Å². The van der Waals surface area contributed by atoms with E-state index in [1.807, 2.05) is 0 Å². The van der Waals surface area contributed by atoms with Crippen LogP contribution in [0, 0.1) is 0 Å². The summed E-state index contributed by atoms with van der Waals surface area (Å²) in [4.78, 5) is 10.3. The lowest BCUT2D eigenvalue weighted by molar-refractivity contribution is -0.440. The average Bonchev–Trinajstić information content (AvgIpc) is 2.39. The van der Waals surface area contributed by atoms with E-state index in [0.717, 1.165) is 19.4 Å². The highest BCUT2D eigenvalue weighted by Gasteiger charge is 2.20. The topological polar surface area (TPSA) is 77.0 Å². The van der Waals surface area contributed by atoms with Gasteiger partial charge in [0, 0.05) is 13.0 Å². The van der Waals surface area contributed by atoms with Crippen LogP contribution >= 0.6 is 0 Å². The highest BCUT2D eigenvalue weighted by atomic mass is 16.5. The molecule has 1 saturated heterocycles. The molecule has 64 valence electrons. The molecule has 1 heterocycles. The summed E-state index contributed by atoms with van der Waals surface area (Å²) in [6.07, 6.45) is 2.57. The molecule has 1 fully saturated rings. The van der Waals surface area contributed by atoms with Crippen LogP contribution in [0.1, 0.15) is 19.3 Å². The number of carboxylic acids is 1. The second-order valence-electron chi connectivity index (χ2n) is 2.89. The minimum absolute atomic E-state index is 0.0930. The van der Waals surface area contributed by atoms with Gasteiger partial charge in [-0.15, -0.1) is 0 Å². The molecular formula is C7H13NO3. The van der Waals surface area contributed by atoms with Crippen molar-refractivity contribution in [2.24, 2.45) is 0 Å². The summed E-state index contributed by atoms with van der Waals surface area (Å²) in [5, 5.41) is 10.3. The second-order valence-corrected chi connectivity index (χ2v) is 2.89. The molecule has 0 unspecified atom stereocenters. The van der Waals surface area contributed by atoms with Gasteiger partial charge in [0.1, 0.15) is 6.04 Å². The molecule has 0 saturated carbocycles. The van der Waals surface area contributed by atoms with Gasteiger partial charge >= 0.3 is 0 Å². The lowest BCUT2D eigenvalue weighted by Gasteiger charge is -2.13. The van der Waals surface area contributed by atoms with Gasteiger partial charge in [0.15, 0.2) is 0 Å². The van der Waals surface area contributed by atoms with E-state index >= 15 is 0 Å². The van der Waals surface area contributed by atoms with Gasteiger partial charge in [-0.1, -0.05) is 0 Å². The van der Waals surface area contributed by atoms with Crippen LogP contribution in [-0.2, 0) is 9.53 Å². The Balaban J connectivity index is 2.23. The molecule has 0 aromatic heterocycles. The Bertz CT molecular complexity index is 143. The monoisotopic (exact) mass is 159 g/mol. The van der Waals surface area contributed by atoms with Crippen LogP contribution in [0.2, 0.25) is 0 Å². The lowest BCUT2D eigenvalue weighted by atomic mass is 10.1. The van der Waals surface area contributed by atoms with Gasteiger partial charge in [-0.3, -0.25) is 0 Å². The van der Waals surface area contributed by atoms with Crippen molar-refractivity contribution in [2.75, 3.05) is 6.61 Å². The largest absolute Gasteiger partial charge is 0.544 e. The Morgan fingerprint density at radius 3 is 3.00 bits per heavy atom. The predicted octanol–water partition coefficient (Wildman–Crippen LogP) is -2.08. The van der Waals surface area contributed by atoms with E-state index in [0.29, 0.717) is 6.42 Å². The third-order valence-electron chi connectivity index (χ3n) is 1.90. The van der Waals surface area contributed by atoms with Gasteiger partial charge < -0.3 is 20.4 Å². The summed E-state index contributed by atoms with van der Waals surface area (Å²) >= 11 is 0. The lowest BCUT2D eigenvalue weighted by Crippen LogP contribution is -2.69. The molecule has 0 aliphatic carbocycles. The van der Waals surface area contributed by atoms with Gasteiger partial charge in [0.25, 0.3) is 0 Å². The van der Waals surface area contributed by atoms with E-state index in [4.69, 9.17) is 4.74 Å². The molecule has 4 heteroatoms. The first kappa shape index (κ1) is 8.49. The smallest absolute Gasteiger partial charge is 0.127 e. The molecule has 3 N–H and O–H groups in total. The molecule has 2 atom stereocenters. The molecule has 0 aromatic rings. The molecule has 0 bridgehead atoms. The summed E-state index contributed by atoms with van der Waals surface area (Å²) in [6.45, 7) is 0.754. The maximum absolute atomic E-state index is 10.3. The zero-order valence-electron chi connectivity index (χ0n) is 6.41. The van der Waals surface area contributed by atoms with Crippen LogP contribution in [0.15, 0.2) is 0 Å². The number of carbonyl (C=O) groups is 1. The molecular weight excluding hydrogens is 146 g/mol. The van der Waals surface area contributed by atoms with Crippen LogP contribution in [0.5, 0.6) is 0 Å². The summed E-state index contributed by atoms with van der Waals surface area (Å²) < 4.78 is 5.24. The Hall–Kier alpha value is -0.610. The van der Waals surface area contributed by atoms with Crippen molar-refractivity contribution in [2.45, 2.75) is 31.4 Å². The van der Waals surface area contributed by atoms with Crippen molar-refractivity contribution < 1.29 is 20.4 Å².